The Morgan fingerprint density at radius 1 is 1.07 bits per heavy atom. The Kier molecular flexibility index (Phi) is 3.39. The van der Waals surface area contributed by atoms with E-state index in [-0.39, 0.29) is 0 Å². The molecule has 1 fully saturated rings. The molecule has 1 saturated carbocycles. The second kappa shape index (κ2) is 4.77. The van der Waals surface area contributed by atoms with Crippen LogP contribution in [-0.4, -0.2) is 11.5 Å². The normalized spacial score (nSPS) is 29.3. The Balaban J connectivity index is 2.07. The van der Waals surface area contributed by atoms with E-state index in [1.165, 1.54) is 44.2 Å². The molecule has 0 aromatic carbocycles. The van der Waals surface area contributed by atoms with Crippen molar-refractivity contribution in [2.45, 2.75) is 51.9 Å². The van der Waals surface area contributed by atoms with Crippen molar-refractivity contribution < 1.29 is 0 Å². The Morgan fingerprint density at radius 2 is 1.73 bits per heavy atom. The molecule has 1 heterocycles. The van der Waals surface area contributed by atoms with Gasteiger partial charge in [0, 0.05) is 18.1 Å². The third-order valence-electron chi connectivity index (χ3n) is 3.59. The predicted octanol–water partition coefficient (Wildman–Crippen LogP) is 2.71. The zero-order chi connectivity index (χ0) is 10.7. The molecular formula is C12H21N3. The first kappa shape index (κ1) is 10.7. The Labute approximate surface area is 91.8 Å². The predicted molar refractivity (Wildman–Crippen MR) is 64.0 cm³/mol. The van der Waals surface area contributed by atoms with Crippen molar-refractivity contribution in [3.63, 3.8) is 0 Å². The number of nitrogens with two attached hydrogens (primary N) is 1. The van der Waals surface area contributed by atoms with E-state index >= 15 is 0 Å². The van der Waals surface area contributed by atoms with Crippen LogP contribution in [0.1, 0.15) is 51.9 Å². The van der Waals surface area contributed by atoms with Crippen LogP contribution < -0.4 is 5.73 Å². The Bertz CT molecular complexity index is 273. The van der Waals surface area contributed by atoms with E-state index in [2.05, 4.69) is 17.1 Å². The molecule has 1 aliphatic heterocycles. The molecule has 3 nitrogen and oxygen atoms in total. The minimum absolute atomic E-state index is 0.505. The molecule has 1 unspecified atom stereocenters. The number of nitrogens with zero attached hydrogens (tertiary/aromatic N) is 2. The van der Waals surface area contributed by atoms with Gasteiger partial charge in [-0.2, -0.15) is 5.10 Å². The highest BCUT2D eigenvalue weighted by Gasteiger charge is 2.25. The highest BCUT2D eigenvalue weighted by molar-refractivity contribution is 5.96. The standard InChI is InChI=1S/C12H21N3/c1-9-8-11(13)14-15-12(9)10-6-4-2-3-5-7-10/h9-10H,2-8H2,1H3,(H2,13,14). The van der Waals surface area contributed by atoms with Gasteiger partial charge in [-0.15, -0.1) is 5.10 Å². The Hall–Kier alpha value is -0.860. The van der Waals surface area contributed by atoms with Crippen molar-refractivity contribution in [2.24, 2.45) is 27.8 Å². The Morgan fingerprint density at radius 3 is 2.33 bits per heavy atom. The number of hydrogen-bond donors (Lipinski definition) is 1. The molecule has 0 saturated heterocycles. The van der Waals surface area contributed by atoms with Crippen LogP contribution in [0.3, 0.4) is 0 Å². The van der Waals surface area contributed by atoms with Gasteiger partial charge < -0.3 is 5.73 Å². The van der Waals surface area contributed by atoms with Crippen molar-refractivity contribution in [2.75, 3.05) is 0 Å². The topological polar surface area (TPSA) is 50.7 Å². The smallest absolute Gasteiger partial charge is 0.123 e. The van der Waals surface area contributed by atoms with Gasteiger partial charge in [-0.05, 0) is 18.8 Å². The summed E-state index contributed by atoms with van der Waals surface area (Å²) in [5.41, 5.74) is 7.00. The molecule has 2 N–H and O–H groups in total. The number of amidine groups is 1. The van der Waals surface area contributed by atoms with Crippen LogP contribution in [-0.2, 0) is 0 Å². The lowest BCUT2D eigenvalue weighted by Gasteiger charge is -2.24. The minimum Gasteiger partial charge on any atom is -0.386 e. The highest BCUT2D eigenvalue weighted by Crippen LogP contribution is 2.28. The van der Waals surface area contributed by atoms with Gasteiger partial charge in [0.2, 0.25) is 0 Å². The molecule has 1 aliphatic carbocycles. The first-order valence-corrected chi connectivity index (χ1v) is 6.17. The van der Waals surface area contributed by atoms with Crippen LogP contribution in [0.4, 0.5) is 0 Å². The fraction of sp³-hybridized carbons (Fsp3) is 0.833. The molecule has 0 aromatic heterocycles. The second-order valence-electron chi connectivity index (χ2n) is 4.91. The molecular weight excluding hydrogens is 186 g/mol. The summed E-state index contributed by atoms with van der Waals surface area (Å²) >= 11 is 0. The number of hydrogen-bond acceptors (Lipinski definition) is 3. The highest BCUT2D eigenvalue weighted by atomic mass is 15.2. The van der Waals surface area contributed by atoms with E-state index < -0.39 is 0 Å². The molecule has 15 heavy (non-hydrogen) atoms. The minimum atomic E-state index is 0.505. The lowest BCUT2D eigenvalue weighted by molar-refractivity contribution is 0.554. The summed E-state index contributed by atoms with van der Waals surface area (Å²) in [5.74, 6) is 1.88. The maximum Gasteiger partial charge on any atom is 0.123 e. The van der Waals surface area contributed by atoms with Crippen LogP contribution in [0, 0.1) is 11.8 Å². The van der Waals surface area contributed by atoms with Gasteiger partial charge >= 0.3 is 0 Å². The lowest BCUT2D eigenvalue weighted by Crippen LogP contribution is -2.29. The van der Waals surface area contributed by atoms with Crippen LogP contribution in [0.5, 0.6) is 0 Å². The van der Waals surface area contributed by atoms with E-state index in [0.717, 1.165) is 6.42 Å². The van der Waals surface area contributed by atoms with E-state index in [0.29, 0.717) is 17.7 Å². The average Bonchev–Trinajstić information content (AvgIpc) is 2.46. The summed E-state index contributed by atoms with van der Waals surface area (Å²) in [7, 11) is 0. The maximum atomic E-state index is 5.69. The van der Waals surface area contributed by atoms with E-state index in [1.807, 2.05) is 0 Å². The molecule has 3 heteroatoms. The van der Waals surface area contributed by atoms with Crippen LogP contribution in [0.25, 0.3) is 0 Å². The molecule has 0 aromatic rings. The van der Waals surface area contributed by atoms with Crippen LogP contribution >= 0.6 is 0 Å². The first-order valence-electron chi connectivity index (χ1n) is 6.17. The lowest BCUT2D eigenvalue weighted by atomic mass is 9.85. The van der Waals surface area contributed by atoms with Gasteiger partial charge in [-0.3, -0.25) is 0 Å². The summed E-state index contributed by atoms with van der Waals surface area (Å²) in [6.45, 7) is 2.23. The third kappa shape index (κ3) is 2.58. The zero-order valence-corrected chi connectivity index (χ0v) is 9.58. The fourth-order valence-electron chi connectivity index (χ4n) is 2.74. The summed E-state index contributed by atoms with van der Waals surface area (Å²) in [5, 5.41) is 8.39. The molecule has 0 radical (unpaired) electrons. The van der Waals surface area contributed by atoms with Gasteiger partial charge in [0.1, 0.15) is 5.84 Å². The van der Waals surface area contributed by atoms with Crippen LogP contribution in [0.15, 0.2) is 10.2 Å². The molecule has 2 aliphatic rings. The van der Waals surface area contributed by atoms with Crippen molar-refractivity contribution in [1.29, 1.82) is 0 Å². The van der Waals surface area contributed by atoms with Gasteiger partial charge in [0.05, 0.1) is 0 Å². The van der Waals surface area contributed by atoms with Crippen molar-refractivity contribution >= 4 is 11.5 Å². The van der Waals surface area contributed by atoms with Crippen molar-refractivity contribution in [3.8, 4) is 0 Å². The van der Waals surface area contributed by atoms with E-state index in [4.69, 9.17) is 5.73 Å². The van der Waals surface area contributed by atoms with Gasteiger partial charge in [-0.25, -0.2) is 0 Å². The summed E-state index contributed by atoms with van der Waals surface area (Å²) in [6, 6.07) is 0. The van der Waals surface area contributed by atoms with Crippen molar-refractivity contribution in [1.82, 2.24) is 0 Å². The fourth-order valence-corrected chi connectivity index (χ4v) is 2.74. The summed E-state index contributed by atoms with van der Waals surface area (Å²) < 4.78 is 0. The SMILES string of the molecule is CC1CC(N)=NN=C1C1CCCCCC1. The monoisotopic (exact) mass is 207 g/mol. The van der Waals surface area contributed by atoms with E-state index in [9.17, 15) is 0 Å². The average molecular weight is 207 g/mol. The van der Waals surface area contributed by atoms with E-state index in [1.54, 1.807) is 0 Å². The third-order valence-corrected chi connectivity index (χ3v) is 3.59. The van der Waals surface area contributed by atoms with Gasteiger partial charge in [0.15, 0.2) is 0 Å². The molecule has 1 atom stereocenters. The number of rotatable bonds is 1. The molecule has 0 spiro atoms. The first-order chi connectivity index (χ1) is 7.27. The van der Waals surface area contributed by atoms with Crippen molar-refractivity contribution in [3.05, 3.63) is 0 Å². The maximum absolute atomic E-state index is 5.69. The quantitative estimate of drug-likeness (QED) is 0.660. The molecule has 2 rings (SSSR count). The summed E-state index contributed by atoms with van der Waals surface area (Å²) in [4.78, 5) is 0. The zero-order valence-electron chi connectivity index (χ0n) is 9.58. The second-order valence-corrected chi connectivity index (χ2v) is 4.91. The molecule has 84 valence electrons. The summed E-state index contributed by atoms with van der Waals surface area (Å²) in [6.07, 6.45) is 9.00. The van der Waals surface area contributed by atoms with Gasteiger partial charge in [-0.1, -0.05) is 32.6 Å². The van der Waals surface area contributed by atoms with Crippen LogP contribution in [0.2, 0.25) is 0 Å². The largest absolute Gasteiger partial charge is 0.386 e. The molecule has 0 bridgehead atoms. The van der Waals surface area contributed by atoms with Gasteiger partial charge in [0.25, 0.3) is 0 Å². The molecule has 0 amide bonds.